The second-order valence-corrected chi connectivity index (χ2v) is 6.82. The molecule has 0 unspecified atom stereocenters. The van der Waals surface area contributed by atoms with Crippen molar-refractivity contribution in [1.82, 2.24) is 4.31 Å². The van der Waals surface area contributed by atoms with Crippen molar-refractivity contribution in [3.8, 4) is 18.1 Å². The zero-order valence-corrected chi connectivity index (χ0v) is 13.3. The molecular formula is C17H17NO3S. The molecule has 0 N–H and O–H groups in total. The van der Waals surface area contributed by atoms with Crippen LogP contribution in [0.25, 0.3) is 0 Å². The lowest BCUT2D eigenvalue weighted by Crippen LogP contribution is -2.26. The molecule has 0 radical (unpaired) electrons. The molecule has 2 aromatic carbocycles. The van der Waals surface area contributed by atoms with E-state index in [1.165, 1.54) is 16.4 Å². The standard InChI is InChI=1S/C17H17NO3S/c1-4-14-7-11-17(12-8-14)22(19,20)18(2)13-15-5-9-16(21-3)10-6-15/h1,5-12H,13H2,2-3H3. The average molecular weight is 315 g/mol. The Bertz CT molecular complexity index is 772. The lowest BCUT2D eigenvalue weighted by atomic mass is 10.2. The molecule has 114 valence electrons. The highest BCUT2D eigenvalue weighted by atomic mass is 32.2. The number of sulfonamides is 1. The van der Waals surface area contributed by atoms with Crippen molar-refractivity contribution in [3.05, 3.63) is 59.7 Å². The molecule has 0 spiro atoms. The largest absolute Gasteiger partial charge is 0.497 e. The van der Waals surface area contributed by atoms with E-state index < -0.39 is 10.0 Å². The van der Waals surface area contributed by atoms with Gasteiger partial charge in [0, 0.05) is 19.2 Å². The highest BCUT2D eigenvalue weighted by Gasteiger charge is 2.20. The van der Waals surface area contributed by atoms with Gasteiger partial charge in [0.15, 0.2) is 0 Å². The van der Waals surface area contributed by atoms with E-state index in [2.05, 4.69) is 5.92 Å². The molecule has 0 aliphatic carbocycles. The van der Waals surface area contributed by atoms with E-state index in [0.29, 0.717) is 5.56 Å². The van der Waals surface area contributed by atoms with Crippen LogP contribution in [0.1, 0.15) is 11.1 Å². The third-order valence-electron chi connectivity index (χ3n) is 3.29. The third kappa shape index (κ3) is 3.48. The number of hydrogen-bond donors (Lipinski definition) is 0. The van der Waals surface area contributed by atoms with Crippen molar-refractivity contribution in [3.63, 3.8) is 0 Å². The van der Waals surface area contributed by atoms with Gasteiger partial charge >= 0.3 is 0 Å². The van der Waals surface area contributed by atoms with Gasteiger partial charge in [-0.3, -0.25) is 0 Å². The molecule has 22 heavy (non-hydrogen) atoms. The van der Waals surface area contributed by atoms with Gasteiger partial charge in [-0.05, 0) is 42.0 Å². The summed E-state index contributed by atoms with van der Waals surface area (Å²) in [6, 6.07) is 13.6. The second-order valence-electron chi connectivity index (χ2n) is 4.78. The van der Waals surface area contributed by atoms with Crippen LogP contribution in [-0.4, -0.2) is 26.9 Å². The van der Waals surface area contributed by atoms with E-state index in [9.17, 15) is 8.42 Å². The van der Waals surface area contributed by atoms with Gasteiger partial charge in [0.1, 0.15) is 5.75 Å². The summed E-state index contributed by atoms with van der Waals surface area (Å²) in [6.45, 7) is 0.281. The van der Waals surface area contributed by atoms with Gasteiger partial charge in [-0.2, -0.15) is 4.31 Å². The fraction of sp³-hybridized carbons (Fsp3) is 0.176. The zero-order valence-electron chi connectivity index (χ0n) is 12.5. The SMILES string of the molecule is C#Cc1ccc(S(=O)(=O)N(C)Cc2ccc(OC)cc2)cc1. The van der Waals surface area contributed by atoms with Crippen molar-refractivity contribution in [1.29, 1.82) is 0 Å². The molecule has 0 saturated heterocycles. The van der Waals surface area contributed by atoms with Crippen LogP contribution in [0.5, 0.6) is 5.75 Å². The Morgan fingerprint density at radius 1 is 1.09 bits per heavy atom. The smallest absolute Gasteiger partial charge is 0.243 e. The Morgan fingerprint density at radius 3 is 2.18 bits per heavy atom. The maximum absolute atomic E-state index is 12.5. The van der Waals surface area contributed by atoms with Gasteiger partial charge in [-0.15, -0.1) is 6.42 Å². The monoisotopic (exact) mass is 315 g/mol. The molecular weight excluding hydrogens is 298 g/mol. The molecule has 4 nitrogen and oxygen atoms in total. The normalized spacial score (nSPS) is 11.2. The van der Waals surface area contributed by atoms with Crippen LogP contribution in [0, 0.1) is 12.3 Å². The molecule has 0 heterocycles. The molecule has 0 bridgehead atoms. The molecule has 0 amide bonds. The topological polar surface area (TPSA) is 46.6 Å². The third-order valence-corrected chi connectivity index (χ3v) is 5.11. The molecule has 2 aromatic rings. The van der Waals surface area contributed by atoms with Crippen LogP contribution < -0.4 is 4.74 Å². The van der Waals surface area contributed by atoms with Crippen LogP contribution in [0.15, 0.2) is 53.4 Å². The zero-order chi connectivity index (χ0) is 16.2. The fourth-order valence-corrected chi connectivity index (χ4v) is 3.14. The van der Waals surface area contributed by atoms with E-state index in [1.54, 1.807) is 38.4 Å². The molecule has 0 aromatic heterocycles. The summed E-state index contributed by atoms with van der Waals surface area (Å²) in [5.74, 6) is 3.20. The van der Waals surface area contributed by atoms with Crippen LogP contribution in [0.4, 0.5) is 0 Å². The van der Waals surface area contributed by atoms with Crippen LogP contribution >= 0.6 is 0 Å². The summed E-state index contributed by atoms with van der Waals surface area (Å²) >= 11 is 0. The Morgan fingerprint density at radius 2 is 1.68 bits per heavy atom. The van der Waals surface area contributed by atoms with E-state index in [1.807, 2.05) is 12.1 Å². The predicted octanol–water partition coefficient (Wildman–Crippen LogP) is 2.50. The van der Waals surface area contributed by atoms with E-state index in [-0.39, 0.29) is 11.4 Å². The number of benzene rings is 2. The first-order valence-electron chi connectivity index (χ1n) is 6.63. The van der Waals surface area contributed by atoms with Crippen molar-refractivity contribution in [2.45, 2.75) is 11.4 Å². The molecule has 5 heteroatoms. The molecule has 0 saturated carbocycles. The minimum absolute atomic E-state index is 0.225. The summed E-state index contributed by atoms with van der Waals surface area (Å²) < 4.78 is 31.4. The molecule has 0 fully saturated rings. The van der Waals surface area contributed by atoms with Crippen LogP contribution in [0.3, 0.4) is 0 Å². The maximum atomic E-state index is 12.5. The lowest BCUT2D eigenvalue weighted by Gasteiger charge is -2.17. The predicted molar refractivity (Wildman–Crippen MR) is 86.0 cm³/mol. The minimum atomic E-state index is -3.54. The van der Waals surface area contributed by atoms with Crippen molar-refractivity contribution in [2.75, 3.05) is 14.2 Å². The maximum Gasteiger partial charge on any atom is 0.243 e. The van der Waals surface area contributed by atoms with E-state index >= 15 is 0 Å². The fourth-order valence-electron chi connectivity index (χ4n) is 1.98. The Balaban J connectivity index is 2.18. The summed E-state index contributed by atoms with van der Waals surface area (Å²) in [7, 11) is -0.405. The number of hydrogen-bond acceptors (Lipinski definition) is 3. The van der Waals surface area contributed by atoms with Crippen LogP contribution in [0.2, 0.25) is 0 Å². The van der Waals surface area contributed by atoms with E-state index in [0.717, 1.165) is 11.3 Å². The van der Waals surface area contributed by atoms with Crippen molar-refractivity contribution in [2.24, 2.45) is 0 Å². The number of rotatable bonds is 5. The summed E-state index contributed by atoms with van der Waals surface area (Å²) in [4.78, 5) is 0.225. The number of methoxy groups -OCH3 is 1. The number of terminal acetylenes is 1. The first-order valence-corrected chi connectivity index (χ1v) is 8.07. The van der Waals surface area contributed by atoms with Gasteiger partial charge in [0.25, 0.3) is 0 Å². The van der Waals surface area contributed by atoms with Gasteiger partial charge in [0.2, 0.25) is 10.0 Å². The van der Waals surface area contributed by atoms with Gasteiger partial charge in [-0.25, -0.2) is 8.42 Å². The highest BCUT2D eigenvalue weighted by molar-refractivity contribution is 7.89. The quantitative estimate of drug-likeness (QED) is 0.797. The van der Waals surface area contributed by atoms with E-state index in [4.69, 9.17) is 11.2 Å². The summed E-state index contributed by atoms with van der Waals surface area (Å²) in [5, 5.41) is 0. The van der Waals surface area contributed by atoms with Crippen molar-refractivity contribution >= 4 is 10.0 Å². The molecule has 0 aliphatic heterocycles. The molecule has 2 rings (SSSR count). The minimum Gasteiger partial charge on any atom is -0.497 e. The first-order chi connectivity index (χ1) is 10.5. The van der Waals surface area contributed by atoms with Crippen LogP contribution in [-0.2, 0) is 16.6 Å². The molecule has 0 atom stereocenters. The Kier molecular flexibility index (Phi) is 4.86. The highest BCUT2D eigenvalue weighted by Crippen LogP contribution is 2.18. The number of nitrogens with zero attached hydrogens (tertiary/aromatic N) is 1. The lowest BCUT2D eigenvalue weighted by molar-refractivity contribution is 0.414. The second kappa shape index (κ2) is 6.65. The Hall–Kier alpha value is -2.29. The Labute approximate surface area is 131 Å². The van der Waals surface area contributed by atoms with Gasteiger partial charge in [-0.1, -0.05) is 18.1 Å². The first kappa shape index (κ1) is 16.1. The number of ether oxygens (including phenoxy) is 1. The van der Waals surface area contributed by atoms with Crippen molar-refractivity contribution < 1.29 is 13.2 Å². The van der Waals surface area contributed by atoms with Gasteiger partial charge < -0.3 is 4.74 Å². The summed E-state index contributed by atoms with van der Waals surface area (Å²) in [6.07, 6.45) is 5.27. The van der Waals surface area contributed by atoms with Gasteiger partial charge in [0.05, 0.1) is 12.0 Å². The molecule has 0 aliphatic rings. The average Bonchev–Trinajstić information content (AvgIpc) is 2.55. The summed E-state index contributed by atoms with van der Waals surface area (Å²) in [5.41, 5.74) is 1.53.